The lowest BCUT2D eigenvalue weighted by molar-refractivity contribution is 0.567. The molecule has 0 bridgehead atoms. The average Bonchev–Trinajstić information content (AvgIpc) is 2.34. The smallest absolute Gasteiger partial charge is 0.0346 e. The number of hydrogen-bond acceptors (Lipinski definition) is 1. The number of anilines is 1. The molecular formula is C16H21N. The summed E-state index contributed by atoms with van der Waals surface area (Å²) in [5.74, 6) is 0.799. The molecule has 0 aromatic heterocycles. The van der Waals surface area contributed by atoms with Gasteiger partial charge in [0.2, 0.25) is 0 Å². The Morgan fingerprint density at radius 1 is 1.00 bits per heavy atom. The Hall–Kier alpha value is -1.50. The van der Waals surface area contributed by atoms with Gasteiger partial charge in [-0.1, -0.05) is 44.2 Å². The van der Waals surface area contributed by atoms with Crippen LogP contribution in [0.2, 0.25) is 0 Å². The molecule has 1 heteroatoms. The zero-order chi connectivity index (χ0) is 12.1. The Kier molecular flexibility index (Phi) is 4.03. The zero-order valence-corrected chi connectivity index (χ0v) is 10.7. The van der Waals surface area contributed by atoms with Crippen molar-refractivity contribution in [1.29, 1.82) is 0 Å². The van der Waals surface area contributed by atoms with Gasteiger partial charge in [0.25, 0.3) is 0 Å². The number of hydrogen-bond donors (Lipinski definition) is 1. The molecule has 0 radical (unpaired) electrons. The molecule has 2 aromatic carbocycles. The first-order chi connectivity index (χ1) is 8.25. The van der Waals surface area contributed by atoms with Gasteiger partial charge in [-0.2, -0.15) is 0 Å². The highest BCUT2D eigenvalue weighted by molar-refractivity contribution is 5.85. The average molecular weight is 227 g/mol. The van der Waals surface area contributed by atoms with Crippen molar-refractivity contribution in [3.63, 3.8) is 0 Å². The van der Waals surface area contributed by atoms with Crippen LogP contribution in [0.25, 0.3) is 10.8 Å². The van der Waals surface area contributed by atoms with Crippen molar-refractivity contribution in [2.24, 2.45) is 5.92 Å². The van der Waals surface area contributed by atoms with E-state index in [2.05, 4.69) is 61.6 Å². The van der Waals surface area contributed by atoms with Crippen LogP contribution in [0.5, 0.6) is 0 Å². The fourth-order valence-electron chi connectivity index (χ4n) is 2.04. The van der Waals surface area contributed by atoms with Gasteiger partial charge < -0.3 is 5.32 Å². The molecule has 0 aliphatic carbocycles. The van der Waals surface area contributed by atoms with Gasteiger partial charge in [0.1, 0.15) is 0 Å². The summed E-state index contributed by atoms with van der Waals surface area (Å²) in [7, 11) is 0. The Bertz CT molecular complexity index is 474. The van der Waals surface area contributed by atoms with Crippen molar-refractivity contribution in [3.05, 3.63) is 42.5 Å². The van der Waals surface area contributed by atoms with E-state index in [0.29, 0.717) is 0 Å². The maximum Gasteiger partial charge on any atom is 0.0346 e. The van der Waals surface area contributed by atoms with E-state index in [9.17, 15) is 0 Å². The summed E-state index contributed by atoms with van der Waals surface area (Å²) in [6.45, 7) is 5.61. The topological polar surface area (TPSA) is 12.0 Å². The lowest BCUT2D eigenvalue weighted by Gasteiger charge is -2.08. The predicted molar refractivity (Wildman–Crippen MR) is 76.5 cm³/mol. The summed E-state index contributed by atoms with van der Waals surface area (Å²) < 4.78 is 0. The van der Waals surface area contributed by atoms with Crippen LogP contribution in [-0.2, 0) is 0 Å². The molecule has 0 aliphatic heterocycles. The second kappa shape index (κ2) is 5.72. The summed E-state index contributed by atoms with van der Waals surface area (Å²) in [6, 6.07) is 15.1. The second-order valence-electron chi connectivity index (χ2n) is 5.02. The van der Waals surface area contributed by atoms with Crippen LogP contribution in [0.1, 0.15) is 26.7 Å². The van der Waals surface area contributed by atoms with E-state index >= 15 is 0 Å². The number of nitrogens with one attached hydrogen (secondary N) is 1. The summed E-state index contributed by atoms with van der Waals surface area (Å²) in [5.41, 5.74) is 1.23. The first-order valence-electron chi connectivity index (χ1n) is 6.48. The Balaban J connectivity index is 1.95. The van der Waals surface area contributed by atoms with Gasteiger partial charge >= 0.3 is 0 Å². The van der Waals surface area contributed by atoms with Crippen molar-refractivity contribution >= 4 is 16.5 Å². The van der Waals surface area contributed by atoms with Crippen molar-refractivity contribution in [3.8, 4) is 0 Å². The molecule has 2 aromatic rings. The maximum atomic E-state index is 3.49. The van der Waals surface area contributed by atoms with E-state index in [1.165, 1.54) is 29.3 Å². The predicted octanol–water partition coefficient (Wildman–Crippen LogP) is 4.69. The fourth-order valence-corrected chi connectivity index (χ4v) is 2.04. The summed E-state index contributed by atoms with van der Waals surface area (Å²) in [4.78, 5) is 0. The molecule has 1 nitrogen and oxygen atoms in total. The lowest BCUT2D eigenvalue weighted by Crippen LogP contribution is -2.02. The van der Waals surface area contributed by atoms with E-state index in [1.54, 1.807) is 0 Å². The molecule has 0 spiro atoms. The standard InChI is InChI=1S/C16H21N/c1-13(2)6-5-11-17-16-10-9-14-7-3-4-8-15(14)12-16/h3-4,7-10,12-13,17H,5-6,11H2,1-2H3. The van der Waals surface area contributed by atoms with E-state index in [4.69, 9.17) is 0 Å². The van der Waals surface area contributed by atoms with Crippen molar-refractivity contribution in [2.45, 2.75) is 26.7 Å². The zero-order valence-electron chi connectivity index (χ0n) is 10.7. The van der Waals surface area contributed by atoms with Crippen LogP contribution in [0.3, 0.4) is 0 Å². The molecule has 0 saturated heterocycles. The van der Waals surface area contributed by atoms with Crippen molar-refractivity contribution < 1.29 is 0 Å². The normalized spacial score (nSPS) is 11.0. The van der Waals surface area contributed by atoms with Crippen LogP contribution >= 0.6 is 0 Å². The van der Waals surface area contributed by atoms with E-state index < -0.39 is 0 Å². The van der Waals surface area contributed by atoms with E-state index in [1.807, 2.05) is 0 Å². The number of rotatable bonds is 5. The molecule has 0 atom stereocenters. The Morgan fingerprint density at radius 3 is 2.53 bits per heavy atom. The molecule has 0 saturated carbocycles. The van der Waals surface area contributed by atoms with Gasteiger partial charge in [-0.3, -0.25) is 0 Å². The van der Waals surface area contributed by atoms with Gasteiger partial charge in [-0.25, -0.2) is 0 Å². The van der Waals surface area contributed by atoms with Crippen molar-refractivity contribution in [2.75, 3.05) is 11.9 Å². The molecular weight excluding hydrogens is 206 g/mol. The van der Waals surface area contributed by atoms with E-state index in [-0.39, 0.29) is 0 Å². The third-order valence-corrected chi connectivity index (χ3v) is 3.04. The third-order valence-electron chi connectivity index (χ3n) is 3.04. The first-order valence-corrected chi connectivity index (χ1v) is 6.48. The third kappa shape index (κ3) is 3.48. The molecule has 2 rings (SSSR count). The SMILES string of the molecule is CC(C)CCCNc1ccc2ccccc2c1. The minimum Gasteiger partial charge on any atom is -0.385 e. The highest BCUT2D eigenvalue weighted by Gasteiger charge is 1.96. The monoisotopic (exact) mass is 227 g/mol. The number of fused-ring (bicyclic) bond motifs is 1. The van der Waals surface area contributed by atoms with Crippen LogP contribution in [0.4, 0.5) is 5.69 Å². The Labute approximate surface area is 104 Å². The quantitative estimate of drug-likeness (QED) is 0.731. The summed E-state index contributed by atoms with van der Waals surface area (Å²) in [6.07, 6.45) is 2.53. The molecule has 17 heavy (non-hydrogen) atoms. The molecule has 0 heterocycles. The fraction of sp³-hybridized carbons (Fsp3) is 0.375. The number of benzene rings is 2. The highest BCUT2D eigenvalue weighted by Crippen LogP contribution is 2.18. The molecule has 0 fully saturated rings. The maximum absolute atomic E-state index is 3.49. The molecule has 1 N–H and O–H groups in total. The van der Waals surface area contributed by atoms with Gasteiger partial charge in [-0.05, 0) is 41.7 Å². The van der Waals surface area contributed by atoms with Crippen LogP contribution in [-0.4, -0.2) is 6.54 Å². The molecule has 90 valence electrons. The van der Waals surface area contributed by atoms with Gasteiger partial charge in [0.15, 0.2) is 0 Å². The largest absolute Gasteiger partial charge is 0.385 e. The van der Waals surface area contributed by atoms with Crippen LogP contribution in [0.15, 0.2) is 42.5 Å². The Morgan fingerprint density at radius 2 is 1.76 bits per heavy atom. The second-order valence-corrected chi connectivity index (χ2v) is 5.02. The van der Waals surface area contributed by atoms with Crippen LogP contribution in [0, 0.1) is 5.92 Å². The first kappa shape index (κ1) is 12.0. The summed E-state index contributed by atoms with van der Waals surface area (Å²) >= 11 is 0. The van der Waals surface area contributed by atoms with Gasteiger partial charge in [0, 0.05) is 12.2 Å². The van der Waals surface area contributed by atoms with Gasteiger partial charge in [0.05, 0.1) is 0 Å². The molecule has 0 aliphatic rings. The van der Waals surface area contributed by atoms with Crippen molar-refractivity contribution in [1.82, 2.24) is 0 Å². The summed E-state index contributed by atoms with van der Waals surface area (Å²) in [5, 5.41) is 6.10. The lowest BCUT2D eigenvalue weighted by atomic mass is 10.1. The highest BCUT2D eigenvalue weighted by atomic mass is 14.9. The van der Waals surface area contributed by atoms with Gasteiger partial charge in [-0.15, -0.1) is 0 Å². The minimum atomic E-state index is 0.799. The molecule has 0 unspecified atom stereocenters. The van der Waals surface area contributed by atoms with Crippen LogP contribution < -0.4 is 5.32 Å². The van der Waals surface area contributed by atoms with E-state index in [0.717, 1.165) is 12.5 Å². The molecule has 0 amide bonds. The minimum absolute atomic E-state index is 0.799.